The Bertz CT molecular complexity index is 297. The van der Waals surface area contributed by atoms with Gasteiger partial charge in [-0.25, -0.2) is 0 Å². The average Bonchev–Trinajstić information content (AvgIpc) is 2.45. The molecule has 0 radical (unpaired) electrons. The maximum Gasteiger partial charge on any atom is 0.0677 e. The summed E-state index contributed by atoms with van der Waals surface area (Å²) in [7, 11) is 0. The minimum Gasteiger partial charge on any atom is -0.369 e. The number of hydrogen-bond donors (Lipinski definition) is 1. The van der Waals surface area contributed by atoms with Gasteiger partial charge in [-0.2, -0.15) is 0 Å². The van der Waals surface area contributed by atoms with Crippen molar-refractivity contribution in [3.63, 3.8) is 0 Å². The Hall–Kier alpha value is -0.0800. The van der Waals surface area contributed by atoms with Crippen molar-refractivity contribution in [2.75, 3.05) is 0 Å². The van der Waals surface area contributed by atoms with Crippen molar-refractivity contribution in [1.29, 1.82) is 0 Å². The van der Waals surface area contributed by atoms with E-state index in [9.17, 15) is 0 Å². The molecule has 1 aliphatic carbocycles. The zero-order valence-electron chi connectivity index (χ0n) is 12.8. The van der Waals surface area contributed by atoms with Crippen LogP contribution in [-0.4, -0.2) is 17.2 Å². The number of ether oxygens (including phenoxy) is 1. The van der Waals surface area contributed by atoms with E-state index in [2.05, 4.69) is 34.6 Å². The van der Waals surface area contributed by atoms with Gasteiger partial charge in [-0.15, -0.1) is 0 Å². The van der Waals surface area contributed by atoms with E-state index in [0.717, 1.165) is 12.3 Å². The van der Waals surface area contributed by atoms with Crippen LogP contribution >= 0.6 is 0 Å². The standard InChI is InChI=1S/C16H31NO/c1-11-7-6-8-12(9-11)14(17)13-10-15(2,3)18-16(13,4)5/h11-14H,6-10,17H2,1-5H3. The van der Waals surface area contributed by atoms with Crippen LogP contribution in [0.4, 0.5) is 0 Å². The SMILES string of the molecule is CC1CCCC(C(N)C2CC(C)(C)OC2(C)C)C1. The normalized spacial score (nSPS) is 40.7. The largest absolute Gasteiger partial charge is 0.369 e. The summed E-state index contributed by atoms with van der Waals surface area (Å²) >= 11 is 0. The van der Waals surface area contributed by atoms with Crippen LogP contribution in [0, 0.1) is 17.8 Å². The van der Waals surface area contributed by atoms with Crippen molar-refractivity contribution >= 4 is 0 Å². The van der Waals surface area contributed by atoms with Gasteiger partial charge in [0, 0.05) is 12.0 Å². The Balaban J connectivity index is 2.06. The average molecular weight is 253 g/mol. The van der Waals surface area contributed by atoms with Crippen molar-refractivity contribution in [2.45, 2.75) is 84.0 Å². The van der Waals surface area contributed by atoms with Crippen LogP contribution < -0.4 is 5.73 Å². The van der Waals surface area contributed by atoms with Crippen molar-refractivity contribution in [3.8, 4) is 0 Å². The highest BCUT2D eigenvalue weighted by Gasteiger charge is 2.49. The second-order valence-corrected chi connectivity index (χ2v) is 7.89. The summed E-state index contributed by atoms with van der Waals surface area (Å²) in [5, 5.41) is 0. The lowest BCUT2D eigenvalue weighted by molar-refractivity contribution is -0.0789. The van der Waals surface area contributed by atoms with Crippen LogP contribution in [0.15, 0.2) is 0 Å². The molecule has 1 saturated heterocycles. The Kier molecular flexibility index (Phi) is 3.81. The topological polar surface area (TPSA) is 35.2 Å². The van der Waals surface area contributed by atoms with Gasteiger partial charge in [0.1, 0.15) is 0 Å². The molecule has 18 heavy (non-hydrogen) atoms. The summed E-state index contributed by atoms with van der Waals surface area (Å²) in [6.45, 7) is 11.2. The van der Waals surface area contributed by atoms with Crippen LogP contribution in [-0.2, 0) is 4.74 Å². The quantitative estimate of drug-likeness (QED) is 0.814. The third-order valence-corrected chi connectivity index (χ3v) is 5.13. The van der Waals surface area contributed by atoms with Gasteiger partial charge in [-0.3, -0.25) is 0 Å². The molecule has 106 valence electrons. The highest BCUT2D eigenvalue weighted by molar-refractivity contribution is 5.00. The van der Waals surface area contributed by atoms with Gasteiger partial charge in [-0.05, 0) is 58.8 Å². The van der Waals surface area contributed by atoms with Crippen molar-refractivity contribution in [1.82, 2.24) is 0 Å². The molecule has 0 amide bonds. The van der Waals surface area contributed by atoms with E-state index < -0.39 is 0 Å². The first-order valence-electron chi connectivity index (χ1n) is 7.67. The minimum atomic E-state index is -0.0659. The van der Waals surface area contributed by atoms with E-state index in [1.54, 1.807) is 0 Å². The van der Waals surface area contributed by atoms with E-state index in [-0.39, 0.29) is 11.2 Å². The molecule has 0 aromatic rings. The molecule has 1 heterocycles. The molecule has 4 atom stereocenters. The molecule has 0 bridgehead atoms. The van der Waals surface area contributed by atoms with Crippen LogP contribution in [0.1, 0.15) is 66.7 Å². The van der Waals surface area contributed by atoms with Gasteiger partial charge in [0.2, 0.25) is 0 Å². The number of hydrogen-bond acceptors (Lipinski definition) is 2. The van der Waals surface area contributed by atoms with Crippen LogP contribution in [0.2, 0.25) is 0 Å². The van der Waals surface area contributed by atoms with E-state index in [1.165, 1.54) is 25.7 Å². The maximum absolute atomic E-state index is 6.63. The Morgan fingerprint density at radius 1 is 1.17 bits per heavy atom. The fourth-order valence-electron chi connectivity index (χ4n) is 4.36. The number of nitrogens with two attached hydrogens (primary N) is 1. The molecule has 0 spiro atoms. The van der Waals surface area contributed by atoms with E-state index in [0.29, 0.717) is 17.9 Å². The van der Waals surface area contributed by atoms with Crippen molar-refractivity contribution < 1.29 is 4.74 Å². The predicted octanol–water partition coefficient (Wildman–Crippen LogP) is 3.73. The molecule has 2 nitrogen and oxygen atoms in total. The van der Waals surface area contributed by atoms with Gasteiger partial charge >= 0.3 is 0 Å². The third kappa shape index (κ3) is 2.91. The molecule has 2 fully saturated rings. The summed E-state index contributed by atoms with van der Waals surface area (Å²) in [5.74, 6) is 2.06. The van der Waals surface area contributed by atoms with Crippen LogP contribution in [0.25, 0.3) is 0 Å². The molecule has 1 saturated carbocycles. The molecule has 0 aromatic heterocycles. The fraction of sp³-hybridized carbons (Fsp3) is 1.00. The van der Waals surface area contributed by atoms with Crippen LogP contribution in [0.3, 0.4) is 0 Å². The molecular weight excluding hydrogens is 222 g/mol. The molecule has 2 N–H and O–H groups in total. The second kappa shape index (κ2) is 4.79. The van der Waals surface area contributed by atoms with Gasteiger partial charge in [-0.1, -0.05) is 19.8 Å². The monoisotopic (exact) mass is 253 g/mol. The van der Waals surface area contributed by atoms with E-state index in [4.69, 9.17) is 10.5 Å². The molecule has 2 heteroatoms. The smallest absolute Gasteiger partial charge is 0.0677 e. The molecule has 4 unspecified atom stereocenters. The van der Waals surface area contributed by atoms with Gasteiger partial charge in [0.15, 0.2) is 0 Å². The highest BCUT2D eigenvalue weighted by atomic mass is 16.5. The first-order chi connectivity index (χ1) is 8.21. The Morgan fingerprint density at radius 2 is 1.83 bits per heavy atom. The van der Waals surface area contributed by atoms with E-state index in [1.807, 2.05) is 0 Å². The molecule has 2 aliphatic rings. The minimum absolute atomic E-state index is 0.00787. The van der Waals surface area contributed by atoms with E-state index >= 15 is 0 Å². The summed E-state index contributed by atoms with van der Waals surface area (Å²) in [5.41, 5.74) is 6.56. The Labute approximate surface area is 113 Å². The zero-order valence-corrected chi connectivity index (χ0v) is 12.8. The lowest BCUT2D eigenvalue weighted by Crippen LogP contribution is -2.46. The fourth-order valence-corrected chi connectivity index (χ4v) is 4.36. The highest BCUT2D eigenvalue weighted by Crippen LogP contribution is 2.46. The lowest BCUT2D eigenvalue weighted by atomic mass is 9.70. The van der Waals surface area contributed by atoms with Crippen LogP contribution in [0.5, 0.6) is 0 Å². The first-order valence-corrected chi connectivity index (χ1v) is 7.67. The molecular formula is C16H31NO. The first kappa shape index (κ1) is 14.3. The number of rotatable bonds is 2. The molecule has 0 aromatic carbocycles. The molecule has 1 aliphatic heterocycles. The zero-order chi connectivity index (χ0) is 13.6. The van der Waals surface area contributed by atoms with Gasteiger partial charge in [0.25, 0.3) is 0 Å². The molecule has 2 rings (SSSR count). The maximum atomic E-state index is 6.63. The Morgan fingerprint density at radius 3 is 2.33 bits per heavy atom. The van der Waals surface area contributed by atoms with Crippen molar-refractivity contribution in [3.05, 3.63) is 0 Å². The summed E-state index contributed by atoms with van der Waals surface area (Å²) < 4.78 is 6.21. The third-order valence-electron chi connectivity index (χ3n) is 5.13. The summed E-state index contributed by atoms with van der Waals surface area (Å²) in [4.78, 5) is 0. The summed E-state index contributed by atoms with van der Waals surface area (Å²) in [6.07, 6.45) is 6.48. The summed E-state index contributed by atoms with van der Waals surface area (Å²) in [6, 6.07) is 0.310. The van der Waals surface area contributed by atoms with Crippen molar-refractivity contribution in [2.24, 2.45) is 23.5 Å². The second-order valence-electron chi connectivity index (χ2n) is 7.89. The van der Waals surface area contributed by atoms with Gasteiger partial charge in [0.05, 0.1) is 11.2 Å². The predicted molar refractivity (Wildman–Crippen MR) is 76.4 cm³/mol. The van der Waals surface area contributed by atoms with Gasteiger partial charge < -0.3 is 10.5 Å². The lowest BCUT2D eigenvalue weighted by Gasteiger charge is -2.38.